The van der Waals surface area contributed by atoms with Crippen LogP contribution in [-0.4, -0.2) is 104 Å². The molecular weight excluding hydrogens is 991 g/mol. The van der Waals surface area contributed by atoms with Crippen LogP contribution in [0.3, 0.4) is 0 Å². The van der Waals surface area contributed by atoms with Crippen molar-refractivity contribution in [3.63, 3.8) is 0 Å². The molecule has 0 radical (unpaired) electrons. The van der Waals surface area contributed by atoms with Crippen molar-refractivity contribution in [2.75, 3.05) is 24.9 Å². The van der Waals surface area contributed by atoms with Gasteiger partial charge in [-0.1, -0.05) is 158 Å². The molecule has 0 spiro atoms. The van der Waals surface area contributed by atoms with Crippen molar-refractivity contribution < 1.29 is 76.4 Å². The Bertz CT molecular complexity index is 2780. The lowest BCUT2D eigenvalue weighted by molar-refractivity contribution is -0.347. The number of esters is 2. The molecule has 1 amide bonds. The summed E-state index contributed by atoms with van der Waals surface area (Å²) in [6.45, 7) is 2.59. The molecule has 6 aromatic rings. The van der Waals surface area contributed by atoms with Crippen LogP contribution in [0.1, 0.15) is 47.2 Å². The minimum Gasteiger partial charge on any atom is -0.481 e. The molecule has 3 heterocycles. The van der Waals surface area contributed by atoms with E-state index in [1.54, 1.807) is 18.2 Å². The van der Waals surface area contributed by atoms with Gasteiger partial charge < -0.3 is 56.8 Å². The molecule has 0 aliphatic carbocycles. The van der Waals surface area contributed by atoms with Crippen molar-refractivity contribution in [2.45, 2.75) is 115 Å². The topological polar surface area (TPSA) is 185 Å². The average Bonchev–Trinajstić information content (AvgIpc) is 3.50. The second-order valence-electron chi connectivity index (χ2n) is 18.7. The molecule has 1 N–H and O–H groups in total. The molecule has 0 aromatic heterocycles. The Morgan fingerprint density at radius 1 is 0.468 bits per heavy atom. The Morgan fingerprint density at radius 3 is 1.30 bits per heavy atom. The summed E-state index contributed by atoms with van der Waals surface area (Å²) in [6.07, 6.45) is -10.8. The average molecular weight is 1050 g/mol. The summed E-state index contributed by atoms with van der Waals surface area (Å²) in [7, 11) is 0. The van der Waals surface area contributed by atoms with Gasteiger partial charge in [0.2, 0.25) is 0 Å². The Morgan fingerprint density at radius 2 is 0.857 bits per heavy atom. The molecule has 3 aliphatic rings. The van der Waals surface area contributed by atoms with Crippen molar-refractivity contribution >= 4 is 23.5 Å². The van der Waals surface area contributed by atoms with Crippen molar-refractivity contribution in [2.24, 2.45) is 0 Å². The quantitative estimate of drug-likeness (QED) is 0.0451. The molecule has 3 aliphatic heterocycles. The van der Waals surface area contributed by atoms with Gasteiger partial charge in [-0.3, -0.25) is 19.6 Å². The number of anilines is 1. The monoisotopic (exact) mass is 1050 g/mol. The molecule has 77 heavy (non-hydrogen) atoms. The molecule has 0 unspecified atom stereocenters. The van der Waals surface area contributed by atoms with Gasteiger partial charge in [-0.05, 0) is 45.5 Å². The van der Waals surface area contributed by atoms with Crippen LogP contribution < -0.4 is 9.80 Å². The van der Waals surface area contributed by atoms with Crippen molar-refractivity contribution in [1.82, 2.24) is 0 Å². The van der Waals surface area contributed by atoms with E-state index in [4.69, 9.17) is 56.8 Å². The van der Waals surface area contributed by atoms with Crippen LogP contribution in [0.25, 0.3) is 0 Å². The lowest BCUT2D eigenvalue weighted by Gasteiger charge is -2.47. The van der Waals surface area contributed by atoms with E-state index in [2.05, 4.69) is 0 Å². The van der Waals surface area contributed by atoms with Gasteiger partial charge in [-0.25, -0.2) is 0 Å². The third-order valence-corrected chi connectivity index (χ3v) is 13.0. The standard InChI is InChI=1S/C60H63NO16/c1-40(62)74-57-56(71-35-46-26-16-7-17-27-46)54(69-33-44-22-12-5-13-23-44)51(77-59(57)72-36-47-28-29-49-48(30-47)61(65)52(64)39-67-49)38-73-60-58(75-41(2)63)55(70-34-45-24-14-6-15-25-45)53(68-32-43-20-10-4-11-21-43)50(76-60)37-66-31-42-18-8-3-9-19-42/h3-30,50-51,53-60,65H,31-39H2,1-2H3/t50-,51-,53-,54-,55+,56+,57+,58+,59+,60+/m1/s1. The van der Waals surface area contributed by atoms with Gasteiger partial charge in [0.05, 0.1) is 52.9 Å². The molecular formula is C60H63NO16. The number of fused-ring (bicyclic) bond motifs is 1. The summed E-state index contributed by atoms with van der Waals surface area (Å²) in [5.74, 6) is -1.59. The van der Waals surface area contributed by atoms with Crippen LogP contribution in [0.5, 0.6) is 5.75 Å². The molecule has 10 atom stereocenters. The highest BCUT2D eigenvalue weighted by atomic mass is 16.8. The molecule has 2 fully saturated rings. The van der Waals surface area contributed by atoms with Crippen LogP contribution in [0.2, 0.25) is 0 Å². The van der Waals surface area contributed by atoms with E-state index in [1.807, 2.05) is 152 Å². The second-order valence-corrected chi connectivity index (χ2v) is 18.7. The SMILES string of the molecule is CC(=O)O[C@@H]1[C@@H](OC[C@H]2O[C@H](OCc3ccc4c(c3)N(O)C(=O)CO4)[C@@H](OC(C)=O)[C@@H](OCc3ccccc3)[C@@H]2OCc2ccccc2)O[C@H](COCc2ccccc2)[C@@H](OCc2ccccc2)[C@@H]1OCc1ccccc1. The summed E-state index contributed by atoms with van der Waals surface area (Å²) in [5, 5.41) is 11.1. The molecule has 0 saturated carbocycles. The van der Waals surface area contributed by atoms with E-state index >= 15 is 0 Å². The maximum Gasteiger partial charge on any atom is 0.303 e. The number of amides is 1. The zero-order valence-electron chi connectivity index (χ0n) is 42.8. The predicted octanol–water partition coefficient (Wildman–Crippen LogP) is 8.21. The third-order valence-electron chi connectivity index (χ3n) is 13.0. The van der Waals surface area contributed by atoms with Crippen LogP contribution in [0.15, 0.2) is 170 Å². The number of rotatable bonds is 24. The maximum atomic E-state index is 13.2. The Hall–Kier alpha value is -6.87. The molecule has 17 heteroatoms. The van der Waals surface area contributed by atoms with Gasteiger partial charge in [-0.15, -0.1) is 0 Å². The van der Waals surface area contributed by atoms with Crippen LogP contribution >= 0.6 is 0 Å². The van der Waals surface area contributed by atoms with Crippen LogP contribution in [0, 0.1) is 0 Å². The highest BCUT2D eigenvalue weighted by molar-refractivity contribution is 5.95. The second kappa shape index (κ2) is 27.4. The van der Waals surface area contributed by atoms with E-state index in [-0.39, 0.29) is 65.1 Å². The predicted molar refractivity (Wildman–Crippen MR) is 277 cm³/mol. The first-order valence-electron chi connectivity index (χ1n) is 25.5. The molecule has 9 rings (SSSR count). The van der Waals surface area contributed by atoms with Crippen molar-refractivity contribution in [1.29, 1.82) is 0 Å². The van der Waals surface area contributed by atoms with E-state index in [9.17, 15) is 19.6 Å². The minimum absolute atomic E-state index is 0.0291. The number of ether oxygens (including phenoxy) is 12. The molecule has 2 saturated heterocycles. The zero-order valence-corrected chi connectivity index (χ0v) is 42.8. The fourth-order valence-electron chi connectivity index (χ4n) is 9.29. The largest absolute Gasteiger partial charge is 0.481 e. The van der Waals surface area contributed by atoms with E-state index in [0.717, 1.165) is 27.8 Å². The number of carbonyl (C=O) groups excluding carboxylic acids is 3. The smallest absolute Gasteiger partial charge is 0.303 e. The Kier molecular flexibility index (Phi) is 19.6. The number of hydrogen-bond donors (Lipinski definition) is 1. The summed E-state index contributed by atoms with van der Waals surface area (Å²) in [5.41, 5.74) is 5.04. The van der Waals surface area contributed by atoms with Gasteiger partial charge in [0.15, 0.2) is 31.4 Å². The first-order valence-corrected chi connectivity index (χ1v) is 25.5. The van der Waals surface area contributed by atoms with E-state index in [1.165, 1.54) is 13.8 Å². The highest BCUT2D eigenvalue weighted by Crippen LogP contribution is 2.36. The number of carbonyl (C=O) groups is 3. The Labute approximate surface area is 447 Å². The summed E-state index contributed by atoms with van der Waals surface area (Å²) < 4.78 is 78.2. The van der Waals surface area contributed by atoms with Gasteiger partial charge in [-0.2, -0.15) is 5.06 Å². The van der Waals surface area contributed by atoms with Crippen LogP contribution in [0.4, 0.5) is 5.69 Å². The fraction of sp³-hybridized carbons (Fsp3) is 0.350. The molecule has 17 nitrogen and oxygen atoms in total. The maximum absolute atomic E-state index is 13.2. The molecule has 404 valence electrons. The van der Waals surface area contributed by atoms with Gasteiger partial charge in [0.25, 0.3) is 5.91 Å². The first-order chi connectivity index (χ1) is 37.6. The van der Waals surface area contributed by atoms with Gasteiger partial charge in [0, 0.05) is 13.8 Å². The molecule has 0 bridgehead atoms. The van der Waals surface area contributed by atoms with Gasteiger partial charge in [0.1, 0.15) is 48.1 Å². The number of hydrogen-bond acceptors (Lipinski definition) is 16. The first kappa shape index (κ1) is 54.9. The van der Waals surface area contributed by atoms with Crippen LogP contribution in [-0.2, 0) is 106 Å². The van der Waals surface area contributed by atoms with E-state index < -0.39 is 79.3 Å². The number of nitrogens with zero attached hydrogens (tertiary/aromatic N) is 1. The van der Waals surface area contributed by atoms with Crippen molar-refractivity contribution in [3.8, 4) is 5.75 Å². The van der Waals surface area contributed by atoms with Crippen molar-refractivity contribution in [3.05, 3.63) is 203 Å². The highest BCUT2D eigenvalue weighted by Gasteiger charge is 2.53. The zero-order chi connectivity index (χ0) is 53.3. The fourth-order valence-corrected chi connectivity index (χ4v) is 9.29. The van der Waals surface area contributed by atoms with Gasteiger partial charge >= 0.3 is 11.9 Å². The normalized spacial score (nSPS) is 24.1. The third kappa shape index (κ3) is 15.2. The number of hydroxylamine groups is 1. The summed E-state index contributed by atoms with van der Waals surface area (Å²) in [6, 6.07) is 52.9. The lowest BCUT2D eigenvalue weighted by Crippen LogP contribution is -2.64. The molecule has 6 aromatic carbocycles. The van der Waals surface area contributed by atoms with E-state index in [0.29, 0.717) is 16.4 Å². The number of benzene rings is 6. The summed E-state index contributed by atoms with van der Waals surface area (Å²) >= 11 is 0. The Balaban J connectivity index is 1.06. The lowest BCUT2D eigenvalue weighted by atomic mass is 9.97. The summed E-state index contributed by atoms with van der Waals surface area (Å²) in [4.78, 5) is 38.7. The minimum atomic E-state index is -1.32.